The third-order valence-corrected chi connectivity index (χ3v) is 3.28. The summed E-state index contributed by atoms with van der Waals surface area (Å²) < 4.78 is 0. The number of amides is 2. The van der Waals surface area contributed by atoms with E-state index in [0.29, 0.717) is 16.8 Å². The molecule has 0 aliphatic carbocycles. The molecule has 0 saturated carbocycles. The Hall–Kier alpha value is -2.28. The van der Waals surface area contributed by atoms with E-state index in [-0.39, 0.29) is 17.7 Å². The Labute approximate surface area is 112 Å². The number of benzene rings is 1. The van der Waals surface area contributed by atoms with Crippen LogP contribution in [0.2, 0.25) is 0 Å². The minimum atomic E-state index is -0.551. The number of terminal acetylenes is 1. The number of aryl methyl sites for hydroxylation is 1. The van der Waals surface area contributed by atoms with E-state index in [1.165, 1.54) is 0 Å². The summed E-state index contributed by atoms with van der Waals surface area (Å²) in [6, 6.07) is 2.97. The fourth-order valence-corrected chi connectivity index (χ4v) is 2.20. The standard InChI is InChI=1S/C15H16N2O2/c1-5-10-7-6-9(4)11-13(10)17-15(19)12(8(2)3)16-14(11)18/h1,6-8,12H,2-4H3,(H,16,18)(H,17,19). The van der Waals surface area contributed by atoms with Crippen molar-refractivity contribution in [3.8, 4) is 12.3 Å². The Bertz CT molecular complexity index is 597. The zero-order valence-corrected chi connectivity index (χ0v) is 11.2. The summed E-state index contributed by atoms with van der Waals surface area (Å²) in [5, 5.41) is 5.54. The van der Waals surface area contributed by atoms with E-state index in [2.05, 4.69) is 16.6 Å². The average molecular weight is 256 g/mol. The Morgan fingerprint density at radius 3 is 2.58 bits per heavy atom. The van der Waals surface area contributed by atoms with E-state index in [9.17, 15) is 9.59 Å². The monoisotopic (exact) mass is 256 g/mol. The van der Waals surface area contributed by atoms with Crippen molar-refractivity contribution in [1.29, 1.82) is 0 Å². The summed E-state index contributed by atoms with van der Waals surface area (Å²) in [4.78, 5) is 24.4. The number of hydrogen-bond acceptors (Lipinski definition) is 2. The van der Waals surface area contributed by atoms with E-state index in [1.54, 1.807) is 12.1 Å². The third-order valence-electron chi connectivity index (χ3n) is 3.28. The third kappa shape index (κ3) is 2.19. The van der Waals surface area contributed by atoms with Gasteiger partial charge in [-0.25, -0.2) is 0 Å². The molecule has 1 aromatic rings. The SMILES string of the molecule is C#Cc1ccc(C)c2c1NC(=O)C(C(C)C)NC2=O. The van der Waals surface area contributed by atoms with Crippen LogP contribution in [-0.2, 0) is 4.79 Å². The van der Waals surface area contributed by atoms with Crippen LogP contribution in [0.15, 0.2) is 12.1 Å². The Kier molecular flexibility index (Phi) is 3.30. The lowest BCUT2D eigenvalue weighted by Gasteiger charge is -2.17. The van der Waals surface area contributed by atoms with Gasteiger partial charge in [0.05, 0.1) is 11.3 Å². The van der Waals surface area contributed by atoms with Gasteiger partial charge >= 0.3 is 0 Å². The maximum atomic E-state index is 12.3. The molecule has 1 heterocycles. The van der Waals surface area contributed by atoms with E-state index in [0.717, 1.165) is 5.56 Å². The number of hydrogen-bond donors (Lipinski definition) is 2. The first-order chi connectivity index (χ1) is 8.95. The maximum absolute atomic E-state index is 12.3. The van der Waals surface area contributed by atoms with Gasteiger partial charge in [0.2, 0.25) is 5.91 Å². The number of fused-ring (bicyclic) bond motifs is 1. The van der Waals surface area contributed by atoms with Crippen molar-refractivity contribution >= 4 is 17.5 Å². The molecule has 0 radical (unpaired) electrons. The van der Waals surface area contributed by atoms with Gasteiger partial charge in [0, 0.05) is 5.56 Å². The van der Waals surface area contributed by atoms with E-state index < -0.39 is 6.04 Å². The van der Waals surface area contributed by atoms with Gasteiger partial charge in [-0.05, 0) is 24.5 Å². The van der Waals surface area contributed by atoms with Crippen LogP contribution in [0, 0.1) is 25.2 Å². The molecule has 0 fully saturated rings. The number of carbonyl (C=O) groups is 2. The van der Waals surface area contributed by atoms with Gasteiger partial charge in [0.15, 0.2) is 0 Å². The topological polar surface area (TPSA) is 58.2 Å². The van der Waals surface area contributed by atoms with Crippen molar-refractivity contribution in [2.45, 2.75) is 26.8 Å². The van der Waals surface area contributed by atoms with Crippen molar-refractivity contribution in [2.24, 2.45) is 5.92 Å². The maximum Gasteiger partial charge on any atom is 0.254 e. The number of anilines is 1. The van der Waals surface area contributed by atoms with Crippen molar-refractivity contribution in [2.75, 3.05) is 5.32 Å². The summed E-state index contributed by atoms with van der Waals surface area (Å²) in [6.07, 6.45) is 5.43. The van der Waals surface area contributed by atoms with Gasteiger partial charge in [0.25, 0.3) is 5.91 Å². The first kappa shape index (κ1) is 13.2. The molecule has 98 valence electrons. The van der Waals surface area contributed by atoms with Crippen molar-refractivity contribution in [3.05, 3.63) is 28.8 Å². The molecule has 1 aliphatic heterocycles. The normalized spacial score (nSPS) is 18.2. The molecular weight excluding hydrogens is 240 g/mol. The summed E-state index contributed by atoms with van der Waals surface area (Å²) in [5.41, 5.74) is 2.20. The van der Waals surface area contributed by atoms with E-state index in [1.807, 2.05) is 20.8 Å². The first-order valence-corrected chi connectivity index (χ1v) is 6.17. The number of rotatable bonds is 1. The molecule has 1 unspecified atom stereocenters. The van der Waals surface area contributed by atoms with Crippen molar-refractivity contribution < 1.29 is 9.59 Å². The molecule has 1 aliphatic rings. The lowest BCUT2D eigenvalue weighted by atomic mass is 10.0. The van der Waals surface area contributed by atoms with Gasteiger partial charge in [-0.15, -0.1) is 6.42 Å². The van der Waals surface area contributed by atoms with Crippen molar-refractivity contribution in [1.82, 2.24) is 5.32 Å². The van der Waals surface area contributed by atoms with Crippen LogP contribution in [0.4, 0.5) is 5.69 Å². The highest BCUT2D eigenvalue weighted by atomic mass is 16.2. The summed E-state index contributed by atoms with van der Waals surface area (Å²) in [6.45, 7) is 5.59. The molecule has 2 rings (SSSR count). The molecule has 4 heteroatoms. The Balaban J connectivity index is 2.60. The fourth-order valence-electron chi connectivity index (χ4n) is 2.20. The van der Waals surface area contributed by atoms with Crippen LogP contribution in [0.25, 0.3) is 0 Å². The van der Waals surface area contributed by atoms with Crippen LogP contribution < -0.4 is 10.6 Å². The fraction of sp³-hybridized carbons (Fsp3) is 0.333. The second kappa shape index (κ2) is 4.77. The van der Waals surface area contributed by atoms with Gasteiger partial charge in [0.1, 0.15) is 6.04 Å². The predicted octanol–water partition coefficient (Wildman–Crippen LogP) is 1.68. The van der Waals surface area contributed by atoms with Crippen LogP contribution in [0.1, 0.15) is 35.3 Å². The van der Waals surface area contributed by atoms with E-state index >= 15 is 0 Å². The molecule has 4 nitrogen and oxygen atoms in total. The Morgan fingerprint density at radius 2 is 2.00 bits per heavy atom. The first-order valence-electron chi connectivity index (χ1n) is 6.17. The van der Waals surface area contributed by atoms with Crippen LogP contribution in [0.5, 0.6) is 0 Å². The predicted molar refractivity (Wildman–Crippen MR) is 73.8 cm³/mol. The summed E-state index contributed by atoms with van der Waals surface area (Å²) in [5.74, 6) is 2.01. The molecular formula is C15H16N2O2. The van der Waals surface area contributed by atoms with Crippen LogP contribution in [0.3, 0.4) is 0 Å². The van der Waals surface area contributed by atoms with Gasteiger partial charge in [-0.2, -0.15) is 0 Å². The minimum absolute atomic E-state index is 0.00727. The zero-order valence-electron chi connectivity index (χ0n) is 11.2. The molecule has 0 saturated heterocycles. The molecule has 1 atom stereocenters. The smallest absolute Gasteiger partial charge is 0.254 e. The van der Waals surface area contributed by atoms with Gasteiger partial charge in [-0.1, -0.05) is 25.8 Å². The van der Waals surface area contributed by atoms with Gasteiger partial charge in [-0.3, -0.25) is 9.59 Å². The highest BCUT2D eigenvalue weighted by molar-refractivity contribution is 6.11. The minimum Gasteiger partial charge on any atom is -0.340 e. The number of nitrogens with one attached hydrogen (secondary N) is 2. The lowest BCUT2D eigenvalue weighted by molar-refractivity contribution is -0.118. The average Bonchev–Trinajstić information content (AvgIpc) is 2.48. The van der Waals surface area contributed by atoms with E-state index in [4.69, 9.17) is 6.42 Å². The molecule has 19 heavy (non-hydrogen) atoms. The molecule has 0 aromatic heterocycles. The summed E-state index contributed by atoms with van der Waals surface area (Å²) >= 11 is 0. The summed E-state index contributed by atoms with van der Waals surface area (Å²) in [7, 11) is 0. The number of carbonyl (C=O) groups excluding carboxylic acids is 2. The molecule has 2 N–H and O–H groups in total. The van der Waals surface area contributed by atoms with Crippen LogP contribution >= 0.6 is 0 Å². The molecule has 0 spiro atoms. The Morgan fingerprint density at radius 1 is 1.32 bits per heavy atom. The molecule has 0 bridgehead atoms. The van der Waals surface area contributed by atoms with Gasteiger partial charge < -0.3 is 10.6 Å². The van der Waals surface area contributed by atoms with Crippen LogP contribution in [-0.4, -0.2) is 17.9 Å². The quantitative estimate of drug-likeness (QED) is 0.751. The zero-order chi connectivity index (χ0) is 14.2. The molecule has 1 aromatic carbocycles. The second-order valence-electron chi connectivity index (χ2n) is 5.01. The highest BCUT2D eigenvalue weighted by Gasteiger charge is 2.31. The van der Waals surface area contributed by atoms with Crippen molar-refractivity contribution in [3.63, 3.8) is 0 Å². The molecule has 2 amide bonds. The lowest BCUT2D eigenvalue weighted by Crippen LogP contribution is -2.44. The largest absolute Gasteiger partial charge is 0.340 e. The second-order valence-corrected chi connectivity index (χ2v) is 5.01. The highest BCUT2D eigenvalue weighted by Crippen LogP contribution is 2.27.